The second-order valence-corrected chi connectivity index (χ2v) is 3.05. The fraction of sp³-hybridized carbons (Fsp3) is 0.444. The SMILES string of the molecule is C=CCn1cc[n+](CC2CO2)c1. The molecule has 1 atom stereocenters. The minimum Gasteiger partial charge on any atom is -0.369 e. The molecular weight excluding hydrogens is 152 g/mol. The Hall–Kier alpha value is -1.09. The van der Waals surface area contributed by atoms with Crippen molar-refractivity contribution in [2.24, 2.45) is 0 Å². The molecule has 1 saturated heterocycles. The van der Waals surface area contributed by atoms with E-state index < -0.39 is 0 Å². The number of allylic oxidation sites excluding steroid dienone is 1. The van der Waals surface area contributed by atoms with Gasteiger partial charge >= 0.3 is 0 Å². The summed E-state index contributed by atoms with van der Waals surface area (Å²) in [5.74, 6) is 0. The molecule has 1 aromatic heterocycles. The molecule has 1 fully saturated rings. The van der Waals surface area contributed by atoms with Crippen LogP contribution in [-0.2, 0) is 17.8 Å². The number of aromatic nitrogens is 2. The van der Waals surface area contributed by atoms with Crippen molar-refractivity contribution in [3.63, 3.8) is 0 Å². The molecule has 3 heteroatoms. The Bertz CT molecular complexity index is 276. The van der Waals surface area contributed by atoms with Crippen LogP contribution < -0.4 is 4.57 Å². The molecule has 64 valence electrons. The van der Waals surface area contributed by atoms with Crippen molar-refractivity contribution in [3.05, 3.63) is 31.4 Å². The summed E-state index contributed by atoms with van der Waals surface area (Å²) in [5.41, 5.74) is 0. The first kappa shape index (κ1) is 7.55. The van der Waals surface area contributed by atoms with E-state index in [1.165, 1.54) is 0 Å². The molecule has 1 aliphatic rings. The van der Waals surface area contributed by atoms with Crippen LogP contribution in [0.3, 0.4) is 0 Å². The van der Waals surface area contributed by atoms with Crippen molar-refractivity contribution < 1.29 is 9.30 Å². The Morgan fingerprint density at radius 2 is 2.58 bits per heavy atom. The number of rotatable bonds is 4. The van der Waals surface area contributed by atoms with E-state index in [0.29, 0.717) is 6.10 Å². The number of ether oxygens (including phenoxy) is 1. The van der Waals surface area contributed by atoms with Gasteiger partial charge in [0, 0.05) is 0 Å². The van der Waals surface area contributed by atoms with Gasteiger partial charge in [0.1, 0.15) is 31.6 Å². The lowest BCUT2D eigenvalue weighted by molar-refractivity contribution is -0.697. The number of epoxide rings is 1. The van der Waals surface area contributed by atoms with E-state index in [2.05, 4.69) is 28.2 Å². The predicted octanol–water partition coefficient (Wildman–Crippen LogP) is 0.360. The van der Waals surface area contributed by atoms with Crippen molar-refractivity contribution in [3.8, 4) is 0 Å². The van der Waals surface area contributed by atoms with Crippen LogP contribution in [0.4, 0.5) is 0 Å². The van der Waals surface area contributed by atoms with E-state index in [9.17, 15) is 0 Å². The molecule has 3 nitrogen and oxygen atoms in total. The molecule has 0 spiro atoms. The van der Waals surface area contributed by atoms with Gasteiger partial charge in [-0.3, -0.25) is 0 Å². The molecule has 0 aliphatic carbocycles. The Labute approximate surface area is 71.9 Å². The van der Waals surface area contributed by atoms with Gasteiger partial charge in [0.15, 0.2) is 0 Å². The van der Waals surface area contributed by atoms with Crippen molar-refractivity contribution in [2.75, 3.05) is 6.61 Å². The molecular formula is C9H13N2O+. The molecule has 1 aromatic rings. The molecule has 12 heavy (non-hydrogen) atoms. The Morgan fingerprint density at radius 3 is 3.25 bits per heavy atom. The quantitative estimate of drug-likeness (QED) is 0.358. The average molecular weight is 165 g/mol. The van der Waals surface area contributed by atoms with Crippen molar-refractivity contribution in [1.29, 1.82) is 0 Å². The Kier molecular flexibility index (Phi) is 1.96. The highest BCUT2D eigenvalue weighted by Gasteiger charge is 2.25. The molecule has 2 heterocycles. The van der Waals surface area contributed by atoms with Crippen LogP contribution in [0.5, 0.6) is 0 Å². The lowest BCUT2D eigenvalue weighted by Gasteiger charge is -1.88. The van der Waals surface area contributed by atoms with Crippen molar-refractivity contribution in [2.45, 2.75) is 19.2 Å². The Morgan fingerprint density at radius 1 is 1.75 bits per heavy atom. The normalized spacial score (nSPS) is 20.8. The largest absolute Gasteiger partial charge is 0.369 e. The summed E-state index contributed by atoms with van der Waals surface area (Å²) in [5, 5.41) is 0. The van der Waals surface area contributed by atoms with Crippen LogP contribution in [-0.4, -0.2) is 17.3 Å². The fourth-order valence-corrected chi connectivity index (χ4v) is 1.21. The number of imidazole rings is 1. The standard InChI is InChI=1S/C9H13N2O/c1-2-3-10-4-5-11(8-10)6-9-7-12-9/h2,4-5,8-9H,1,3,6-7H2/q+1. The van der Waals surface area contributed by atoms with E-state index in [1.807, 2.05) is 12.3 Å². The van der Waals surface area contributed by atoms with Gasteiger partial charge in [0.25, 0.3) is 0 Å². The zero-order valence-corrected chi connectivity index (χ0v) is 7.02. The summed E-state index contributed by atoms with van der Waals surface area (Å²) < 4.78 is 9.36. The first-order chi connectivity index (χ1) is 5.88. The molecule has 1 unspecified atom stereocenters. The summed E-state index contributed by atoms with van der Waals surface area (Å²) in [6.07, 6.45) is 8.52. The summed E-state index contributed by atoms with van der Waals surface area (Å²) in [6, 6.07) is 0. The van der Waals surface area contributed by atoms with Crippen LogP contribution >= 0.6 is 0 Å². The van der Waals surface area contributed by atoms with E-state index in [1.54, 1.807) is 0 Å². The van der Waals surface area contributed by atoms with E-state index in [4.69, 9.17) is 4.74 Å². The highest BCUT2D eigenvalue weighted by Crippen LogP contribution is 2.07. The van der Waals surface area contributed by atoms with E-state index >= 15 is 0 Å². The molecule has 0 saturated carbocycles. The molecule has 0 N–H and O–H groups in total. The Balaban J connectivity index is 1.97. The highest BCUT2D eigenvalue weighted by molar-refractivity contribution is 4.74. The monoisotopic (exact) mass is 165 g/mol. The van der Waals surface area contributed by atoms with Gasteiger partial charge in [-0.1, -0.05) is 12.7 Å². The van der Waals surface area contributed by atoms with Gasteiger partial charge in [-0.05, 0) is 0 Å². The molecule has 0 aromatic carbocycles. The van der Waals surface area contributed by atoms with Crippen molar-refractivity contribution >= 4 is 0 Å². The predicted molar refractivity (Wildman–Crippen MR) is 44.6 cm³/mol. The minimum absolute atomic E-state index is 0.453. The van der Waals surface area contributed by atoms with Crippen LogP contribution in [0.25, 0.3) is 0 Å². The second kappa shape index (κ2) is 3.11. The zero-order valence-electron chi connectivity index (χ0n) is 7.02. The van der Waals surface area contributed by atoms with Crippen LogP contribution in [0.2, 0.25) is 0 Å². The number of hydrogen-bond donors (Lipinski definition) is 0. The lowest BCUT2D eigenvalue weighted by atomic mass is 10.5. The molecule has 1 aliphatic heterocycles. The van der Waals surface area contributed by atoms with Gasteiger partial charge in [-0.25, -0.2) is 9.13 Å². The van der Waals surface area contributed by atoms with Crippen LogP contribution in [0.1, 0.15) is 0 Å². The van der Waals surface area contributed by atoms with Gasteiger partial charge in [0.05, 0.1) is 6.61 Å². The molecule has 2 rings (SSSR count). The summed E-state index contributed by atoms with van der Waals surface area (Å²) in [6.45, 7) is 6.45. The van der Waals surface area contributed by atoms with Crippen LogP contribution in [0.15, 0.2) is 31.4 Å². The first-order valence-electron chi connectivity index (χ1n) is 4.16. The molecule has 0 radical (unpaired) electrons. The summed E-state index contributed by atoms with van der Waals surface area (Å²) in [7, 11) is 0. The zero-order chi connectivity index (χ0) is 8.39. The van der Waals surface area contributed by atoms with Gasteiger partial charge in [-0.15, -0.1) is 0 Å². The lowest BCUT2D eigenvalue weighted by Crippen LogP contribution is -2.33. The third-order valence-electron chi connectivity index (χ3n) is 1.90. The topological polar surface area (TPSA) is 21.3 Å². The maximum absolute atomic E-state index is 5.13. The third-order valence-corrected chi connectivity index (χ3v) is 1.90. The number of hydrogen-bond acceptors (Lipinski definition) is 1. The maximum Gasteiger partial charge on any atom is 0.244 e. The maximum atomic E-state index is 5.13. The average Bonchev–Trinajstić information content (AvgIpc) is 2.74. The third kappa shape index (κ3) is 1.74. The number of nitrogens with zero attached hydrogens (tertiary/aromatic N) is 2. The van der Waals surface area contributed by atoms with Gasteiger partial charge in [0.2, 0.25) is 6.33 Å². The smallest absolute Gasteiger partial charge is 0.244 e. The van der Waals surface area contributed by atoms with Crippen LogP contribution in [0, 0.1) is 0 Å². The van der Waals surface area contributed by atoms with Gasteiger partial charge < -0.3 is 4.74 Å². The molecule has 0 amide bonds. The highest BCUT2D eigenvalue weighted by atomic mass is 16.6. The fourth-order valence-electron chi connectivity index (χ4n) is 1.21. The minimum atomic E-state index is 0.453. The second-order valence-electron chi connectivity index (χ2n) is 3.05. The first-order valence-corrected chi connectivity index (χ1v) is 4.16. The van der Waals surface area contributed by atoms with Crippen molar-refractivity contribution in [1.82, 2.24) is 4.57 Å². The summed E-state index contributed by atoms with van der Waals surface area (Å²) >= 11 is 0. The van der Waals surface area contributed by atoms with E-state index in [-0.39, 0.29) is 0 Å². The molecule has 0 bridgehead atoms. The van der Waals surface area contributed by atoms with Gasteiger partial charge in [-0.2, -0.15) is 0 Å². The summed E-state index contributed by atoms with van der Waals surface area (Å²) in [4.78, 5) is 0. The van der Waals surface area contributed by atoms with E-state index in [0.717, 1.165) is 19.7 Å².